The van der Waals surface area contributed by atoms with Crippen molar-refractivity contribution in [2.24, 2.45) is 5.41 Å². The van der Waals surface area contributed by atoms with Crippen LogP contribution in [0, 0.1) is 5.41 Å². The zero-order valence-corrected chi connectivity index (χ0v) is 26.3. The first kappa shape index (κ1) is 34.3. The van der Waals surface area contributed by atoms with E-state index in [1.165, 1.54) is 71.6 Å². The summed E-state index contributed by atoms with van der Waals surface area (Å²) in [6.45, 7) is 4.93. The Hall–Kier alpha value is -1.93. The molecule has 2 aromatic rings. The summed E-state index contributed by atoms with van der Waals surface area (Å²) in [5.41, 5.74) is 0.161. The fourth-order valence-corrected chi connectivity index (χ4v) is 6.17. The summed E-state index contributed by atoms with van der Waals surface area (Å²) in [6.07, 6.45) is 13.6. The Bertz CT molecular complexity index is 1170. The molecule has 0 bridgehead atoms. The van der Waals surface area contributed by atoms with Crippen molar-refractivity contribution in [3.8, 4) is 0 Å². The van der Waals surface area contributed by atoms with E-state index < -0.39 is 31.5 Å². The van der Waals surface area contributed by atoms with Crippen molar-refractivity contribution < 1.29 is 18.0 Å². The Morgan fingerprint density at radius 3 is 1.85 bits per heavy atom. The Morgan fingerprint density at radius 2 is 1.30 bits per heavy atom. The first-order valence-corrected chi connectivity index (χ1v) is 16.5. The molecular weight excluding hydrogens is 567 g/mol. The fraction of sp³-hybridized carbons (Fsp3) is 0.548. The van der Waals surface area contributed by atoms with Gasteiger partial charge in [0.25, 0.3) is 10.2 Å². The average molecular weight is 612 g/mol. The number of para-hydroxylation sites is 1. The van der Waals surface area contributed by atoms with Crippen molar-refractivity contribution in [1.29, 1.82) is 0 Å². The molecule has 40 heavy (non-hydrogen) atoms. The number of carbonyl (C=O) groups is 2. The molecule has 0 aliphatic carbocycles. The first-order chi connectivity index (χ1) is 18.9. The lowest BCUT2D eigenvalue weighted by atomic mass is 9.86. The van der Waals surface area contributed by atoms with E-state index in [2.05, 4.69) is 17.0 Å². The van der Waals surface area contributed by atoms with Crippen molar-refractivity contribution in [2.75, 3.05) is 11.9 Å². The van der Waals surface area contributed by atoms with Gasteiger partial charge >= 0.3 is 0 Å². The van der Waals surface area contributed by atoms with E-state index >= 15 is 0 Å². The molecule has 0 heterocycles. The number of Topliss-reactive ketones (excluding diaryl/α,β-unsaturated/α-hetero) is 1. The third-order valence-electron chi connectivity index (χ3n) is 6.97. The zero-order valence-electron chi connectivity index (χ0n) is 24.0. The Kier molecular flexibility index (Phi) is 14.1. The third-order valence-corrected chi connectivity index (χ3v) is 9.08. The second-order valence-electron chi connectivity index (χ2n) is 11.0. The van der Waals surface area contributed by atoms with E-state index in [0.29, 0.717) is 5.69 Å². The highest BCUT2D eigenvalue weighted by atomic mass is 35.5. The Balaban J connectivity index is 1.82. The molecule has 0 aliphatic heterocycles. The highest BCUT2D eigenvalue weighted by Crippen LogP contribution is 2.33. The molecule has 9 heteroatoms. The standard InChI is InChI=1S/C31H44Cl2N2O4S/c1-4-5-6-7-8-9-10-11-12-14-17-25-20-22-27(23-21-25)40(38,39)34-24-30(2,3)28(36)31(32,33)29(37)35-26-18-15-13-16-19-26/h13,15-16,18-23,34H,4-12,14,17,24H2,1-3H3,(H,35,37). The minimum absolute atomic E-state index is 0.104. The van der Waals surface area contributed by atoms with Crippen LogP contribution in [0.4, 0.5) is 5.69 Å². The van der Waals surface area contributed by atoms with Crippen LogP contribution in [0.2, 0.25) is 0 Å². The van der Waals surface area contributed by atoms with Crippen molar-refractivity contribution in [2.45, 2.75) is 101 Å². The highest BCUT2D eigenvalue weighted by Gasteiger charge is 2.49. The first-order valence-electron chi connectivity index (χ1n) is 14.3. The minimum atomic E-state index is -3.89. The zero-order chi connectivity index (χ0) is 29.7. The van der Waals surface area contributed by atoms with Crippen LogP contribution in [0.15, 0.2) is 59.5 Å². The Labute approximate surface area is 250 Å². The predicted octanol–water partition coefficient (Wildman–Crippen LogP) is 7.84. The van der Waals surface area contributed by atoms with Gasteiger partial charge in [-0.05, 0) is 42.7 Å². The van der Waals surface area contributed by atoms with E-state index in [4.69, 9.17) is 23.2 Å². The SMILES string of the molecule is CCCCCCCCCCCCc1ccc(S(=O)(=O)NCC(C)(C)C(=O)C(Cl)(Cl)C(=O)Nc2ccccc2)cc1. The highest BCUT2D eigenvalue weighted by molar-refractivity contribution is 7.89. The number of anilines is 1. The summed E-state index contributed by atoms with van der Waals surface area (Å²) in [4.78, 5) is 25.8. The Morgan fingerprint density at radius 1 is 0.775 bits per heavy atom. The molecule has 1 amide bonds. The number of amides is 1. The van der Waals surface area contributed by atoms with E-state index in [1.807, 2.05) is 12.1 Å². The maximum absolute atomic E-state index is 13.1. The monoisotopic (exact) mass is 610 g/mol. The van der Waals surface area contributed by atoms with Gasteiger partial charge in [-0.2, -0.15) is 0 Å². The van der Waals surface area contributed by atoms with Crippen LogP contribution in [0.3, 0.4) is 0 Å². The molecule has 6 nitrogen and oxygen atoms in total. The van der Waals surface area contributed by atoms with Gasteiger partial charge in [-0.15, -0.1) is 0 Å². The number of halogens is 2. The van der Waals surface area contributed by atoms with Crippen molar-refractivity contribution in [3.63, 3.8) is 0 Å². The molecule has 222 valence electrons. The van der Waals surface area contributed by atoms with E-state index in [-0.39, 0.29) is 11.4 Å². The van der Waals surface area contributed by atoms with Crippen LogP contribution >= 0.6 is 23.2 Å². The molecule has 0 aromatic heterocycles. The van der Waals surface area contributed by atoms with E-state index in [9.17, 15) is 18.0 Å². The van der Waals surface area contributed by atoms with Crippen LogP contribution < -0.4 is 10.0 Å². The van der Waals surface area contributed by atoms with Gasteiger partial charge in [0.2, 0.25) is 10.0 Å². The number of nitrogens with one attached hydrogen (secondary N) is 2. The summed E-state index contributed by atoms with van der Waals surface area (Å²) in [5.74, 6) is -1.72. The number of rotatable bonds is 19. The summed E-state index contributed by atoms with van der Waals surface area (Å²) < 4.78 is 25.9. The molecule has 0 spiro atoms. The topological polar surface area (TPSA) is 92.3 Å². The minimum Gasteiger partial charge on any atom is -0.323 e. The lowest BCUT2D eigenvalue weighted by molar-refractivity contribution is -0.132. The molecule has 0 saturated heterocycles. The maximum atomic E-state index is 13.1. The van der Waals surface area contributed by atoms with Gasteiger partial charge in [-0.25, -0.2) is 13.1 Å². The van der Waals surface area contributed by atoms with Crippen LogP contribution in [-0.2, 0) is 26.0 Å². The molecular formula is C31H44Cl2N2O4S. The van der Waals surface area contributed by atoms with Crippen molar-refractivity contribution in [1.82, 2.24) is 4.72 Å². The summed E-state index contributed by atoms with van der Waals surface area (Å²) in [7, 11) is -3.89. The largest absolute Gasteiger partial charge is 0.323 e. The van der Waals surface area contributed by atoms with Gasteiger partial charge < -0.3 is 5.32 Å². The van der Waals surface area contributed by atoms with Crippen LogP contribution in [0.5, 0.6) is 0 Å². The normalized spacial score (nSPS) is 12.3. The number of sulfonamides is 1. The second kappa shape index (κ2) is 16.5. The second-order valence-corrected chi connectivity index (χ2v) is 14.1. The molecule has 2 N–H and O–H groups in total. The average Bonchev–Trinajstić information content (AvgIpc) is 2.93. The molecule has 0 radical (unpaired) electrons. The van der Waals surface area contributed by atoms with Crippen molar-refractivity contribution in [3.05, 3.63) is 60.2 Å². The number of ketones is 1. The van der Waals surface area contributed by atoms with Crippen LogP contribution in [0.25, 0.3) is 0 Å². The lowest BCUT2D eigenvalue weighted by Gasteiger charge is -2.29. The van der Waals surface area contributed by atoms with Crippen LogP contribution in [0.1, 0.15) is 90.5 Å². The van der Waals surface area contributed by atoms with Gasteiger partial charge in [-0.1, -0.05) is 132 Å². The number of hydrogen-bond acceptors (Lipinski definition) is 4. The smallest absolute Gasteiger partial charge is 0.268 e. The fourth-order valence-electron chi connectivity index (χ4n) is 4.35. The molecule has 2 rings (SSSR count). The third kappa shape index (κ3) is 11.2. The maximum Gasteiger partial charge on any atom is 0.268 e. The summed E-state index contributed by atoms with van der Waals surface area (Å²) >= 11 is 12.4. The molecule has 2 aromatic carbocycles. The van der Waals surface area contributed by atoms with E-state index in [0.717, 1.165) is 18.4 Å². The number of alkyl halides is 2. The number of hydrogen-bond donors (Lipinski definition) is 2. The predicted molar refractivity (Wildman–Crippen MR) is 165 cm³/mol. The van der Waals surface area contributed by atoms with Gasteiger partial charge in [-0.3, -0.25) is 9.59 Å². The quantitative estimate of drug-likeness (QED) is 0.0962. The molecule has 0 saturated carbocycles. The number of unbranched alkanes of at least 4 members (excludes halogenated alkanes) is 9. The van der Waals surface area contributed by atoms with E-state index in [1.54, 1.807) is 42.5 Å². The summed E-state index contributed by atoms with van der Waals surface area (Å²) in [6, 6.07) is 15.3. The lowest BCUT2D eigenvalue weighted by Crippen LogP contribution is -2.50. The summed E-state index contributed by atoms with van der Waals surface area (Å²) in [5, 5.41) is 2.51. The number of aryl methyl sites for hydroxylation is 1. The number of benzene rings is 2. The number of carbonyl (C=O) groups excluding carboxylic acids is 2. The molecule has 0 unspecified atom stereocenters. The van der Waals surface area contributed by atoms with Gasteiger partial charge in [0.15, 0.2) is 5.78 Å². The van der Waals surface area contributed by atoms with Gasteiger partial charge in [0.05, 0.1) is 4.90 Å². The van der Waals surface area contributed by atoms with Gasteiger partial charge in [0.1, 0.15) is 0 Å². The molecule has 0 atom stereocenters. The van der Waals surface area contributed by atoms with Crippen LogP contribution in [-0.4, -0.2) is 31.0 Å². The van der Waals surface area contributed by atoms with Crippen molar-refractivity contribution >= 4 is 50.6 Å². The molecule has 0 fully saturated rings. The van der Waals surface area contributed by atoms with Gasteiger partial charge in [0, 0.05) is 17.6 Å². The molecule has 0 aliphatic rings.